The fraction of sp³-hybridized carbons (Fsp3) is 0.333. The molecule has 0 spiro atoms. The standard InChI is InChI=1S/C21H22F3N3O/c1-15-3-2-4-16(13-15)5-8-20(28)26-18-9-11-27(12-10-18)19-7-6-17(14-25-19)21(22,23)24/h2-8,13-14,18H,9-12H2,1H3,(H,26,28)/b8-5+. The first-order valence-electron chi connectivity index (χ1n) is 9.15. The first-order valence-corrected chi connectivity index (χ1v) is 9.15. The molecular formula is C21H22F3N3O. The minimum atomic E-state index is -4.38. The number of hydrogen-bond acceptors (Lipinski definition) is 3. The van der Waals surface area contributed by atoms with Gasteiger partial charge in [-0.25, -0.2) is 4.98 Å². The number of carbonyl (C=O) groups excluding carboxylic acids is 1. The van der Waals surface area contributed by atoms with Crippen LogP contribution >= 0.6 is 0 Å². The molecule has 28 heavy (non-hydrogen) atoms. The van der Waals surface area contributed by atoms with Crippen molar-refractivity contribution >= 4 is 17.8 Å². The number of hydrogen-bond donors (Lipinski definition) is 1. The van der Waals surface area contributed by atoms with Crippen molar-refractivity contribution in [2.24, 2.45) is 0 Å². The van der Waals surface area contributed by atoms with Gasteiger partial charge in [-0.3, -0.25) is 4.79 Å². The van der Waals surface area contributed by atoms with Crippen molar-refractivity contribution in [3.63, 3.8) is 0 Å². The zero-order valence-corrected chi connectivity index (χ0v) is 15.5. The van der Waals surface area contributed by atoms with Gasteiger partial charge in [-0.15, -0.1) is 0 Å². The van der Waals surface area contributed by atoms with Gasteiger partial charge < -0.3 is 10.2 Å². The second-order valence-corrected chi connectivity index (χ2v) is 6.92. The summed E-state index contributed by atoms with van der Waals surface area (Å²) < 4.78 is 37.9. The Morgan fingerprint density at radius 2 is 1.96 bits per heavy atom. The summed E-state index contributed by atoms with van der Waals surface area (Å²) in [5.74, 6) is 0.379. The molecule has 0 radical (unpaired) electrons. The predicted molar refractivity (Wildman–Crippen MR) is 103 cm³/mol. The fourth-order valence-electron chi connectivity index (χ4n) is 3.19. The minimum absolute atomic E-state index is 0.0420. The third kappa shape index (κ3) is 5.34. The Morgan fingerprint density at radius 3 is 2.57 bits per heavy atom. The van der Waals surface area contributed by atoms with Crippen LogP contribution in [-0.2, 0) is 11.0 Å². The lowest BCUT2D eigenvalue weighted by atomic mass is 10.0. The van der Waals surface area contributed by atoms with E-state index in [1.165, 1.54) is 12.1 Å². The summed E-state index contributed by atoms with van der Waals surface area (Å²) in [5.41, 5.74) is 1.35. The molecule has 0 aliphatic carbocycles. The highest BCUT2D eigenvalue weighted by molar-refractivity contribution is 5.91. The molecule has 0 unspecified atom stereocenters. The second-order valence-electron chi connectivity index (χ2n) is 6.92. The van der Waals surface area contributed by atoms with E-state index in [1.54, 1.807) is 6.08 Å². The van der Waals surface area contributed by atoms with Crippen molar-refractivity contribution in [2.75, 3.05) is 18.0 Å². The Hall–Kier alpha value is -2.83. The molecule has 1 fully saturated rings. The number of pyridine rings is 1. The molecule has 2 aromatic rings. The maximum absolute atomic E-state index is 12.6. The van der Waals surface area contributed by atoms with Crippen LogP contribution in [0.1, 0.15) is 29.5 Å². The summed E-state index contributed by atoms with van der Waals surface area (Å²) in [4.78, 5) is 18.0. The van der Waals surface area contributed by atoms with Gasteiger partial charge in [0, 0.05) is 31.4 Å². The van der Waals surface area contributed by atoms with Gasteiger partial charge in [-0.2, -0.15) is 13.2 Å². The molecule has 4 nitrogen and oxygen atoms in total. The van der Waals surface area contributed by atoms with E-state index in [0.29, 0.717) is 31.7 Å². The molecular weight excluding hydrogens is 367 g/mol. The maximum atomic E-state index is 12.6. The van der Waals surface area contributed by atoms with Gasteiger partial charge in [-0.05, 0) is 43.5 Å². The van der Waals surface area contributed by atoms with Gasteiger partial charge >= 0.3 is 6.18 Å². The Morgan fingerprint density at radius 1 is 1.21 bits per heavy atom. The number of benzene rings is 1. The smallest absolute Gasteiger partial charge is 0.356 e. The topological polar surface area (TPSA) is 45.2 Å². The van der Waals surface area contributed by atoms with Crippen molar-refractivity contribution in [1.29, 1.82) is 0 Å². The largest absolute Gasteiger partial charge is 0.417 e. The number of halogens is 3. The number of amides is 1. The highest BCUT2D eigenvalue weighted by Gasteiger charge is 2.31. The van der Waals surface area contributed by atoms with E-state index in [4.69, 9.17) is 0 Å². The highest BCUT2D eigenvalue weighted by Crippen LogP contribution is 2.29. The van der Waals surface area contributed by atoms with Crippen LogP contribution < -0.4 is 10.2 Å². The lowest BCUT2D eigenvalue weighted by Crippen LogP contribution is -2.44. The van der Waals surface area contributed by atoms with Crippen LogP contribution in [0.4, 0.5) is 19.0 Å². The molecule has 1 aliphatic rings. The normalized spacial score (nSPS) is 15.8. The molecule has 0 bridgehead atoms. The number of nitrogens with one attached hydrogen (secondary N) is 1. The molecule has 7 heteroatoms. The van der Waals surface area contributed by atoms with Crippen LogP contribution in [0.2, 0.25) is 0 Å². The van der Waals surface area contributed by atoms with E-state index in [9.17, 15) is 18.0 Å². The summed E-state index contributed by atoms with van der Waals surface area (Å²) in [5, 5.41) is 2.98. The number of rotatable bonds is 4. The van der Waals surface area contributed by atoms with E-state index in [2.05, 4.69) is 10.3 Å². The van der Waals surface area contributed by atoms with Crippen molar-refractivity contribution < 1.29 is 18.0 Å². The number of piperidine rings is 1. The maximum Gasteiger partial charge on any atom is 0.417 e. The Bertz CT molecular complexity index is 839. The Labute approximate surface area is 162 Å². The monoisotopic (exact) mass is 389 g/mol. The lowest BCUT2D eigenvalue weighted by molar-refractivity contribution is -0.137. The first kappa shape index (κ1) is 19.9. The third-order valence-electron chi connectivity index (χ3n) is 4.71. The van der Waals surface area contributed by atoms with Gasteiger partial charge in [0.05, 0.1) is 5.56 Å². The molecule has 3 rings (SSSR count). The second kappa shape index (κ2) is 8.46. The molecule has 1 aromatic carbocycles. The van der Waals surface area contributed by atoms with Crippen LogP contribution in [0.25, 0.3) is 6.08 Å². The number of aryl methyl sites for hydroxylation is 1. The average Bonchev–Trinajstić information content (AvgIpc) is 2.67. The van der Waals surface area contributed by atoms with Crippen LogP contribution in [0.15, 0.2) is 48.7 Å². The summed E-state index contributed by atoms with van der Waals surface area (Å²) in [6.45, 7) is 3.26. The van der Waals surface area contributed by atoms with Gasteiger partial charge in [0.25, 0.3) is 0 Å². The third-order valence-corrected chi connectivity index (χ3v) is 4.71. The Kier molecular flexibility index (Phi) is 6.02. The quantitative estimate of drug-likeness (QED) is 0.797. The van der Waals surface area contributed by atoms with Gasteiger partial charge in [0.2, 0.25) is 5.91 Å². The average molecular weight is 389 g/mol. The van der Waals surface area contributed by atoms with E-state index in [0.717, 1.165) is 23.4 Å². The first-order chi connectivity index (χ1) is 13.3. The molecule has 148 valence electrons. The number of anilines is 1. The zero-order valence-electron chi connectivity index (χ0n) is 15.5. The van der Waals surface area contributed by atoms with E-state index < -0.39 is 11.7 Å². The predicted octanol–water partition coefficient (Wildman–Crippen LogP) is 4.21. The van der Waals surface area contributed by atoms with Crippen LogP contribution in [0, 0.1) is 6.92 Å². The van der Waals surface area contributed by atoms with E-state index in [1.807, 2.05) is 36.1 Å². The highest BCUT2D eigenvalue weighted by atomic mass is 19.4. The minimum Gasteiger partial charge on any atom is -0.356 e. The number of nitrogens with zero attached hydrogens (tertiary/aromatic N) is 2. The lowest BCUT2D eigenvalue weighted by Gasteiger charge is -2.33. The van der Waals surface area contributed by atoms with Crippen molar-refractivity contribution in [3.8, 4) is 0 Å². The van der Waals surface area contributed by atoms with Crippen LogP contribution in [-0.4, -0.2) is 30.0 Å². The summed E-state index contributed by atoms with van der Waals surface area (Å²) in [6, 6.07) is 10.4. The van der Waals surface area contributed by atoms with Gasteiger partial charge in [0.15, 0.2) is 0 Å². The zero-order chi connectivity index (χ0) is 20.1. The van der Waals surface area contributed by atoms with Gasteiger partial charge in [-0.1, -0.05) is 29.8 Å². The van der Waals surface area contributed by atoms with Gasteiger partial charge in [0.1, 0.15) is 5.82 Å². The molecule has 1 saturated heterocycles. The van der Waals surface area contributed by atoms with E-state index >= 15 is 0 Å². The molecule has 1 aromatic heterocycles. The summed E-state index contributed by atoms with van der Waals surface area (Å²) in [7, 11) is 0. The number of carbonyl (C=O) groups is 1. The molecule has 1 amide bonds. The molecule has 0 saturated carbocycles. The molecule has 1 N–H and O–H groups in total. The molecule has 2 heterocycles. The fourth-order valence-corrected chi connectivity index (χ4v) is 3.19. The van der Waals surface area contributed by atoms with E-state index in [-0.39, 0.29) is 11.9 Å². The molecule has 0 atom stereocenters. The number of alkyl halides is 3. The molecule has 1 aliphatic heterocycles. The number of aromatic nitrogens is 1. The van der Waals surface area contributed by atoms with Crippen molar-refractivity contribution in [2.45, 2.75) is 32.0 Å². The summed E-state index contributed by atoms with van der Waals surface area (Å²) in [6.07, 6.45) is 1.22. The van der Waals surface area contributed by atoms with Crippen molar-refractivity contribution in [1.82, 2.24) is 10.3 Å². The summed E-state index contributed by atoms with van der Waals surface area (Å²) >= 11 is 0. The van der Waals surface area contributed by atoms with Crippen LogP contribution in [0.5, 0.6) is 0 Å². The Balaban J connectivity index is 1.49. The van der Waals surface area contributed by atoms with Crippen molar-refractivity contribution in [3.05, 3.63) is 65.4 Å². The van der Waals surface area contributed by atoms with Crippen LogP contribution in [0.3, 0.4) is 0 Å². The SMILES string of the molecule is Cc1cccc(/C=C/C(=O)NC2CCN(c3ccc(C(F)(F)F)cn3)CC2)c1.